The minimum Gasteiger partial charge on any atom is -0.338 e. The highest BCUT2D eigenvalue weighted by atomic mass is 79.9. The molecule has 2 aromatic rings. The lowest BCUT2D eigenvalue weighted by Gasteiger charge is -2.08. The predicted molar refractivity (Wildman–Crippen MR) is 55.7 cm³/mol. The molecule has 80 valence electrons. The maximum absolute atomic E-state index is 12.2. The van der Waals surface area contributed by atoms with Crippen molar-refractivity contribution in [3.8, 4) is 0 Å². The molecule has 0 N–H and O–H groups in total. The highest BCUT2D eigenvalue weighted by Crippen LogP contribution is 2.24. The van der Waals surface area contributed by atoms with E-state index in [1.807, 2.05) is 0 Å². The van der Waals surface area contributed by atoms with Crippen LogP contribution in [-0.2, 0) is 6.54 Å². The number of nitrogens with zero attached hydrogens (tertiary/aromatic N) is 1. The zero-order valence-corrected chi connectivity index (χ0v) is 9.14. The molecule has 0 aliphatic carbocycles. The Bertz CT molecular complexity index is 487. The fraction of sp³-hybridized carbons (Fsp3) is 0.200. The lowest BCUT2D eigenvalue weighted by molar-refractivity contribution is -0.139. The first-order chi connectivity index (χ1) is 6.96. The van der Waals surface area contributed by atoms with Crippen LogP contribution in [0.2, 0.25) is 0 Å². The summed E-state index contributed by atoms with van der Waals surface area (Å²) in [5.74, 6) is 0. The molecular weight excluding hydrogens is 271 g/mol. The van der Waals surface area contributed by atoms with Crippen molar-refractivity contribution < 1.29 is 13.2 Å². The van der Waals surface area contributed by atoms with Gasteiger partial charge in [-0.15, -0.1) is 0 Å². The van der Waals surface area contributed by atoms with Crippen LogP contribution in [0.5, 0.6) is 0 Å². The second-order valence-corrected chi connectivity index (χ2v) is 4.18. The van der Waals surface area contributed by atoms with Crippen LogP contribution in [0.1, 0.15) is 0 Å². The van der Waals surface area contributed by atoms with Gasteiger partial charge in [0, 0.05) is 21.6 Å². The van der Waals surface area contributed by atoms with E-state index >= 15 is 0 Å². The number of rotatable bonds is 1. The summed E-state index contributed by atoms with van der Waals surface area (Å²) in [6, 6.07) is 6.87. The second kappa shape index (κ2) is 3.56. The number of fused-ring (bicyclic) bond motifs is 1. The van der Waals surface area contributed by atoms with E-state index in [0.29, 0.717) is 5.52 Å². The normalized spacial score (nSPS) is 12.3. The second-order valence-electron chi connectivity index (χ2n) is 3.26. The number of benzene rings is 1. The van der Waals surface area contributed by atoms with E-state index in [-0.39, 0.29) is 0 Å². The Morgan fingerprint density at radius 3 is 2.60 bits per heavy atom. The molecule has 1 aromatic heterocycles. The third kappa shape index (κ3) is 2.34. The molecule has 0 bridgehead atoms. The molecule has 1 heterocycles. The van der Waals surface area contributed by atoms with Crippen LogP contribution < -0.4 is 0 Å². The summed E-state index contributed by atoms with van der Waals surface area (Å²) in [6.07, 6.45) is -2.73. The van der Waals surface area contributed by atoms with Crippen LogP contribution in [0.4, 0.5) is 13.2 Å². The predicted octanol–water partition coefficient (Wildman–Crippen LogP) is 3.97. The molecule has 1 nitrogen and oxygen atoms in total. The Kier molecular flexibility index (Phi) is 2.50. The molecule has 0 aliphatic heterocycles. The Morgan fingerprint density at radius 1 is 1.20 bits per heavy atom. The van der Waals surface area contributed by atoms with Crippen molar-refractivity contribution in [1.29, 1.82) is 0 Å². The van der Waals surface area contributed by atoms with Crippen molar-refractivity contribution in [1.82, 2.24) is 4.57 Å². The summed E-state index contributed by atoms with van der Waals surface area (Å²) < 4.78 is 38.6. The van der Waals surface area contributed by atoms with Gasteiger partial charge in [-0.2, -0.15) is 13.2 Å². The van der Waals surface area contributed by atoms with Crippen molar-refractivity contribution in [2.24, 2.45) is 0 Å². The molecule has 0 aliphatic rings. The highest BCUT2D eigenvalue weighted by Gasteiger charge is 2.28. The van der Waals surface area contributed by atoms with E-state index in [0.717, 1.165) is 9.86 Å². The van der Waals surface area contributed by atoms with E-state index in [9.17, 15) is 13.2 Å². The van der Waals surface area contributed by atoms with E-state index in [1.54, 1.807) is 24.3 Å². The van der Waals surface area contributed by atoms with Gasteiger partial charge in [0.25, 0.3) is 0 Å². The minimum absolute atomic E-state index is 0.593. The van der Waals surface area contributed by atoms with Crippen LogP contribution >= 0.6 is 15.9 Å². The van der Waals surface area contributed by atoms with Gasteiger partial charge in [0.15, 0.2) is 0 Å². The van der Waals surface area contributed by atoms with Crippen LogP contribution in [0, 0.1) is 0 Å². The lowest BCUT2D eigenvalue weighted by atomic mass is 10.2. The molecule has 0 unspecified atom stereocenters. The number of hydrogen-bond acceptors (Lipinski definition) is 0. The van der Waals surface area contributed by atoms with Gasteiger partial charge < -0.3 is 4.57 Å². The molecular formula is C10H7BrF3N. The molecule has 0 spiro atoms. The zero-order chi connectivity index (χ0) is 11.1. The van der Waals surface area contributed by atoms with Gasteiger partial charge in [-0.25, -0.2) is 0 Å². The van der Waals surface area contributed by atoms with Crippen LogP contribution in [-0.4, -0.2) is 10.7 Å². The van der Waals surface area contributed by atoms with Crippen molar-refractivity contribution in [2.45, 2.75) is 12.7 Å². The van der Waals surface area contributed by atoms with E-state index < -0.39 is 12.7 Å². The minimum atomic E-state index is -4.18. The van der Waals surface area contributed by atoms with Gasteiger partial charge in [0.2, 0.25) is 0 Å². The van der Waals surface area contributed by atoms with Gasteiger partial charge in [-0.1, -0.05) is 15.9 Å². The maximum atomic E-state index is 12.2. The molecule has 0 saturated carbocycles. The molecule has 1 aromatic carbocycles. The number of aromatic nitrogens is 1. The van der Waals surface area contributed by atoms with Gasteiger partial charge in [-0.3, -0.25) is 0 Å². The smallest absolute Gasteiger partial charge is 0.338 e. The van der Waals surface area contributed by atoms with Gasteiger partial charge >= 0.3 is 6.18 Å². The van der Waals surface area contributed by atoms with E-state index in [1.165, 1.54) is 10.8 Å². The Morgan fingerprint density at radius 2 is 1.93 bits per heavy atom. The fourth-order valence-electron chi connectivity index (χ4n) is 1.50. The van der Waals surface area contributed by atoms with Crippen LogP contribution in [0.15, 0.2) is 34.9 Å². The first kappa shape index (κ1) is 10.5. The standard InChI is InChI=1S/C10H7BrF3N/c11-8-1-2-9-7(5-8)3-4-15(9)6-10(12,13)14/h1-5H,6H2. The molecule has 0 saturated heterocycles. The molecule has 5 heteroatoms. The fourth-order valence-corrected chi connectivity index (χ4v) is 1.88. The Balaban J connectivity index is 2.45. The quantitative estimate of drug-likeness (QED) is 0.744. The molecule has 0 amide bonds. The monoisotopic (exact) mass is 277 g/mol. The largest absolute Gasteiger partial charge is 0.406 e. The summed E-state index contributed by atoms with van der Waals surface area (Å²) in [7, 11) is 0. The van der Waals surface area contributed by atoms with Crippen molar-refractivity contribution in [2.75, 3.05) is 0 Å². The lowest BCUT2D eigenvalue weighted by Crippen LogP contribution is -2.16. The van der Waals surface area contributed by atoms with Gasteiger partial charge in [0.05, 0.1) is 0 Å². The highest BCUT2D eigenvalue weighted by molar-refractivity contribution is 9.10. The van der Waals surface area contributed by atoms with Crippen molar-refractivity contribution in [3.05, 3.63) is 34.9 Å². The summed E-state index contributed by atoms with van der Waals surface area (Å²) in [5, 5.41) is 0.800. The molecule has 0 radical (unpaired) electrons. The molecule has 15 heavy (non-hydrogen) atoms. The van der Waals surface area contributed by atoms with Crippen molar-refractivity contribution in [3.63, 3.8) is 0 Å². The SMILES string of the molecule is FC(F)(F)Cn1ccc2cc(Br)ccc21. The van der Waals surface area contributed by atoms with Crippen LogP contribution in [0.25, 0.3) is 10.9 Å². The maximum Gasteiger partial charge on any atom is 0.406 e. The number of alkyl halides is 3. The number of hydrogen-bond donors (Lipinski definition) is 0. The molecule has 0 fully saturated rings. The zero-order valence-electron chi connectivity index (χ0n) is 7.55. The summed E-state index contributed by atoms with van der Waals surface area (Å²) in [4.78, 5) is 0. The van der Waals surface area contributed by atoms with Crippen LogP contribution in [0.3, 0.4) is 0 Å². The summed E-state index contributed by atoms with van der Waals surface area (Å²) in [5.41, 5.74) is 0.593. The van der Waals surface area contributed by atoms with Crippen molar-refractivity contribution >= 4 is 26.8 Å². The Labute approximate surface area is 92.6 Å². The molecule has 2 rings (SSSR count). The third-order valence-corrected chi connectivity index (χ3v) is 2.58. The average Bonchev–Trinajstić information content (AvgIpc) is 2.45. The average molecular weight is 278 g/mol. The first-order valence-corrected chi connectivity index (χ1v) is 5.06. The van der Waals surface area contributed by atoms with E-state index in [2.05, 4.69) is 15.9 Å². The van der Waals surface area contributed by atoms with Gasteiger partial charge in [0.1, 0.15) is 6.54 Å². The first-order valence-electron chi connectivity index (χ1n) is 4.27. The van der Waals surface area contributed by atoms with E-state index in [4.69, 9.17) is 0 Å². The summed E-state index contributed by atoms with van der Waals surface area (Å²) >= 11 is 3.27. The topological polar surface area (TPSA) is 4.93 Å². The number of halogens is 4. The third-order valence-electron chi connectivity index (χ3n) is 2.08. The summed E-state index contributed by atoms with van der Waals surface area (Å²) in [6.45, 7) is -0.946. The Hall–Kier alpha value is -0.970. The molecule has 0 atom stereocenters. The van der Waals surface area contributed by atoms with Gasteiger partial charge in [-0.05, 0) is 24.3 Å².